The Kier molecular flexibility index (Phi) is 4.72. The lowest BCUT2D eigenvalue weighted by atomic mass is 10.2. The summed E-state index contributed by atoms with van der Waals surface area (Å²) in [6, 6.07) is 0. The summed E-state index contributed by atoms with van der Waals surface area (Å²) < 4.78 is 10.7. The zero-order chi connectivity index (χ0) is 9.52. The van der Waals surface area contributed by atoms with E-state index in [-0.39, 0.29) is 12.1 Å². The number of hydrogen-bond donors (Lipinski definition) is 0. The van der Waals surface area contributed by atoms with Crippen molar-refractivity contribution in [3.8, 4) is 0 Å². The minimum Gasteiger partial charge on any atom is -0.353 e. The van der Waals surface area contributed by atoms with Gasteiger partial charge in [0.1, 0.15) is 0 Å². The summed E-state index contributed by atoms with van der Waals surface area (Å²) in [6.07, 6.45) is 6.44. The monoisotopic (exact) mass is 184 g/mol. The van der Waals surface area contributed by atoms with E-state index in [1.165, 1.54) is 19.4 Å². The molecule has 0 radical (unpaired) electrons. The molecular weight excluding hydrogens is 168 g/mol. The molecule has 1 rings (SSSR count). The third-order valence-corrected chi connectivity index (χ3v) is 1.87. The van der Waals surface area contributed by atoms with Crippen LogP contribution < -0.4 is 0 Å². The predicted octanol–water partition coefficient (Wildman–Crippen LogP) is 1.67. The topological polar surface area (TPSA) is 35.5 Å². The maximum absolute atomic E-state index is 10.5. The summed E-state index contributed by atoms with van der Waals surface area (Å²) in [6.45, 7) is 2.78. The van der Waals surface area contributed by atoms with Crippen LogP contribution in [-0.2, 0) is 14.3 Å². The van der Waals surface area contributed by atoms with E-state index in [4.69, 9.17) is 9.47 Å². The summed E-state index contributed by atoms with van der Waals surface area (Å²) in [7, 11) is 0. The van der Waals surface area contributed by atoms with Crippen molar-refractivity contribution < 1.29 is 14.3 Å². The molecule has 0 aromatic carbocycles. The van der Waals surface area contributed by atoms with E-state index in [1.54, 1.807) is 6.08 Å². The first-order valence-corrected chi connectivity index (χ1v) is 4.69. The van der Waals surface area contributed by atoms with Gasteiger partial charge in [0, 0.05) is 6.61 Å². The van der Waals surface area contributed by atoms with Gasteiger partial charge in [-0.25, -0.2) is 0 Å². The highest BCUT2D eigenvalue weighted by molar-refractivity contribution is 5.87. The highest BCUT2D eigenvalue weighted by Gasteiger charge is 2.12. The molecule has 1 atom stereocenters. The quantitative estimate of drug-likeness (QED) is 0.623. The van der Waals surface area contributed by atoms with Crippen LogP contribution in [-0.4, -0.2) is 25.3 Å². The molecule has 0 saturated carbocycles. The van der Waals surface area contributed by atoms with E-state index in [9.17, 15) is 4.79 Å². The molecule has 0 bridgehead atoms. The van der Waals surface area contributed by atoms with Crippen molar-refractivity contribution >= 4 is 5.78 Å². The number of carbonyl (C=O) groups excluding carboxylic acids is 1. The first-order valence-electron chi connectivity index (χ1n) is 4.69. The molecule has 13 heavy (non-hydrogen) atoms. The fraction of sp³-hybridized carbons (Fsp3) is 0.700. The van der Waals surface area contributed by atoms with Crippen molar-refractivity contribution in [1.82, 2.24) is 0 Å². The molecule has 1 saturated heterocycles. The Morgan fingerprint density at radius 1 is 1.62 bits per heavy atom. The van der Waals surface area contributed by atoms with Gasteiger partial charge in [-0.2, -0.15) is 0 Å². The smallest absolute Gasteiger partial charge is 0.157 e. The van der Waals surface area contributed by atoms with Gasteiger partial charge in [-0.05, 0) is 32.3 Å². The van der Waals surface area contributed by atoms with Crippen molar-refractivity contribution in [3.63, 3.8) is 0 Å². The molecule has 0 aromatic heterocycles. The first-order chi connectivity index (χ1) is 6.29. The standard InChI is InChI=1S/C10H16O3/c1-9(11)5-4-8-13-10-6-2-3-7-12-10/h4-5,10H,2-3,6-8H2,1H3/b5-4+. The molecule has 3 nitrogen and oxygen atoms in total. The second-order valence-corrected chi connectivity index (χ2v) is 3.14. The van der Waals surface area contributed by atoms with Crippen LogP contribution in [0, 0.1) is 0 Å². The Morgan fingerprint density at radius 3 is 3.08 bits per heavy atom. The molecule has 1 aliphatic rings. The molecule has 0 amide bonds. The van der Waals surface area contributed by atoms with E-state index >= 15 is 0 Å². The number of allylic oxidation sites excluding steroid dienone is 1. The molecule has 1 heterocycles. The molecule has 74 valence electrons. The first kappa shape index (κ1) is 10.4. The Morgan fingerprint density at radius 2 is 2.46 bits per heavy atom. The third-order valence-electron chi connectivity index (χ3n) is 1.87. The lowest BCUT2D eigenvalue weighted by molar-refractivity contribution is -0.155. The van der Waals surface area contributed by atoms with Gasteiger partial charge in [0.05, 0.1) is 6.61 Å². The zero-order valence-corrected chi connectivity index (χ0v) is 7.99. The minimum absolute atomic E-state index is 0.0492. The van der Waals surface area contributed by atoms with E-state index < -0.39 is 0 Å². The summed E-state index contributed by atoms with van der Waals surface area (Å²) >= 11 is 0. The maximum Gasteiger partial charge on any atom is 0.157 e. The van der Waals surface area contributed by atoms with E-state index in [2.05, 4.69) is 0 Å². The SMILES string of the molecule is CC(=O)/C=C/COC1CCCCO1. The molecule has 3 heteroatoms. The van der Waals surface area contributed by atoms with Crippen molar-refractivity contribution in [2.75, 3.05) is 13.2 Å². The fourth-order valence-corrected chi connectivity index (χ4v) is 1.22. The summed E-state index contributed by atoms with van der Waals surface area (Å²) in [4.78, 5) is 10.5. The van der Waals surface area contributed by atoms with Crippen LogP contribution >= 0.6 is 0 Å². The van der Waals surface area contributed by atoms with Gasteiger partial charge < -0.3 is 9.47 Å². The van der Waals surface area contributed by atoms with Crippen molar-refractivity contribution in [2.45, 2.75) is 32.5 Å². The van der Waals surface area contributed by atoms with Gasteiger partial charge in [-0.1, -0.05) is 6.08 Å². The number of ketones is 1. The van der Waals surface area contributed by atoms with Crippen LogP contribution in [0.5, 0.6) is 0 Å². The second-order valence-electron chi connectivity index (χ2n) is 3.14. The summed E-state index contributed by atoms with van der Waals surface area (Å²) in [5, 5.41) is 0. The number of rotatable bonds is 4. The van der Waals surface area contributed by atoms with Gasteiger partial charge in [0.15, 0.2) is 12.1 Å². The van der Waals surface area contributed by atoms with Gasteiger partial charge in [0.25, 0.3) is 0 Å². The Hall–Kier alpha value is -0.670. The van der Waals surface area contributed by atoms with E-state index in [0.717, 1.165) is 19.4 Å². The Bertz CT molecular complexity index is 181. The normalized spacial score (nSPS) is 23.6. The lowest BCUT2D eigenvalue weighted by Gasteiger charge is -2.21. The molecule has 0 spiro atoms. The average Bonchev–Trinajstić information content (AvgIpc) is 2.14. The molecule has 0 aliphatic carbocycles. The molecule has 1 unspecified atom stereocenters. The predicted molar refractivity (Wildman–Crippen MR) is 49.4 cm³/mol. The van der Waals surface area contributed by atoms with E-state index in [1.807, 2.05) is 0 Å². The fourth-order valence-electron chi connectivity index (χ4n) is 1.22. The molecular formula is C10H16O3. The number of carbonyl (C=O) groups is 1. The van der Waals surface area contributed by atoms with Gasteiger partial charge in [0.2, 0.25) is 0 Å². The molecule has 0 N–H and O–H groups in total. The van der Waals surface area contributed by atoms with Crippen LogP contribution in [0.4, 0.5) is 0 Å². The highest BCUT2D eigenvalue weighted by atomic mass is 16.7. The van der Waals surface area contributed by atoms with E-state index in [0.29, 0.717) is 6.61 Å². The van der Waals surface area contributed by atoms with Crippen molar-refractivity contribution in [3.05, 3.63) is 12.2 Å². The molecule has 0 aromatic rings. The summed E-state index contributed by atoms with van der Waals surface area (Å²) in [5.74, 6) is 0.0492. The zero-order valence-electron chi connectivity index (χ0n) is 7.99. The van der Waals surface area contributed by atoms with Gasteiger partial charge >= 0.3 is 0 Å². The lowest BCUT2D eigenvalue weighted by Crippen LogP contribution is -2.22. The average molecular weight is 184 g/mol. The Labute approximate surface area is 78.7 Å². The maximum atomic E-state index is 10.5. The van der Waals surface area contributed by atoms with Crippen LogP contribution in [0.25, 0.3) is 0 Å². The Balaban J connectivity index is 2.07. The van der Waals surface area contributed by atoms with Gasteiger partial charge in [-0.3, -0.25) is 4.79 Å². The van der Waals surface area contributed by atoms with Gasteiger partial charge in [-0.15, -0.1) is 0 Å². The number of ether oxygens (including phenoxy) is 2. The number of hydrogen-bond acceptors (Lipinski definition) is 3. The minimum atomic E-state index is -0.0645. The highest BCUT2D eigenvalue weighted by Crippen LogP contribution is 2.13. The molecule has 1 aliphatic heterocycles. The van der Waals surface area contributed by atoms with Crippen LogP contribution in [0.3, 0.4) is 0 Å². The second kappa shape index (κ2) is 5.89. The van der Waals surface area contributed by atoms with Crippen LogP contribution in [0.2, 0.25) is 0 Å². The van der Waals surface area contributed by atoms with Crippen molar-refractivity contribution in [2.24, 2.45) is 0 Å². The van der Waals surface area contributed by atoms with Crippen molar-refractivity contribution in [1.29, 1.82) is 0 Å². The molecule has 1 fully saturated rings. The largest absolute Gasteiger partial charge is 0.353 e. The van der Waals surface area contributed by atoms with Crippen LogP contribution in [0.15, 0.2) is 12.2 Å². The van der Waals surface area contributed by atoms with Crippen LogP contribution in [0.1, 0.15) is 26.2 Å². The third kappa shape index (κ3) is 4.80. The summed E-state index contributed by atoms with van der Waals surface area (Å²) in [5.41, 5.74) is 0.